The highest BCUT2D eigenvalue weighted by atomic mass is 32.2. The fourth-order valence-electron chi connectivity index (χ4n) is 1.60. The van der Waals surface area contributed by atoms with Crippen molar-refractivity contribution in [1.29, 1.82) is 0 Å². The van der Waals surface area contributed by atoms with Gasteiger partial charge in [0.05, 0.1) is 16.0 Å². The molecule has 1 amide bonds. The topological polar surface area (TPSA) is 54.4 Å². The summed E-state index contributed by atoms with van der Waals surface area (Å²) in [6.07, 6.45) is 3.52. The first kappa shape index (κ1) is 15.7. The minimum Gasteiger partial charge on any atom is -0.272 e. The molecule has 0 bridgehead atoms. The molecule has 1 aromatic heterocycles. The van der Waals surface area contributed by atoms with Crippen molar-refractivity contribution >= 4 is 44.9 Å². The van der Waals surface area contributed by atoms with E-state index < -0.39 is 0 Å². The van der Waals surface area contributed by atoms with Crippen LogP contribution in [0.5, 0.6) is 0 Å². The Balaban J connectivity index is 1.82. The average molecular weight is 319 g/mol. The first-order valence-electron chi connectivity index (χ1n) is 6.60. The number of rotatable bonds is 7. The van der Waals surface area contributed by atoms with Crippen LogP contribution in [0.15, 0.2) is 46.4 Å². The van der Waals surface area contributed by atoms with Crippen LogP contribution in [-0.2, 0) is 4.79 Å². The van der Waals surface area contributed by atoms with Crippen molar-refractivity contribution in [1.82, 2.24) is 10.4 Å². The lowest BCUT2D eigenvalue weighted by molar-refractivity contribution is -0.118. The Morgan fingerprint density at radius 1 is 1.52 bits per heavy atom. The number of amides is 1. The van der Waals surface area contributed by atoms with Crippen molar-refractivity contribution in [3.05, 3.63) is 36.9 Å². The van der Waals surface area contributed by atoms with Gasteiger partial charge in [0.1, 0.15) is 0 Å². The van der Waals surface area contributed by atoms with Crippen LogP contribution >= 0.6 is 23.1 Å². The maximum absolute atomic E-state index is 11.7. The van der Waals surface area contributed by atoms with Crippen LogP contribution in [0.4, 0.5) is 0 Å². The fourth-order valence-corrected chi connectivity index (χ4v) is 3.46. The minimum absolute atomic E-state index is 0.114. The standard InChI is InChI=1S/C15H17N3OS2/c1-3-4-7-11(2)17-18-14(19)10-20-15-16-12-8-5-6-9-13(12)21-15/h3,5-6,8-9H,1,4,7,10H2,2H3,(H,18,19)/b17-11-. The normalized spacial score (nSPS) is 11.6. The number of nitrogens with zero attached hydrogens (tertiary/aromatic N) is 2. The molecule has 0 saturated carbocycles. The molecule has 0 atom stereocenters. The highest BCUT2D eigenvalue weighted by molar-refractivity contribution is 8.01. The summed E-state index contributed by atoms with van der Waals surface area (Å²) in [5.41, 5.74) is 4.44. The van der Waals surface area contributed by atoms with E-state index in [4.69, 9.17) is 0 Å². The third kappa shape index (κ3) is 4.99. The molecular formula is C15H17N3OS2. The lowest BCUT2D eigenvalue weighted by Crippen LogP contribution is -2.20. The predicted octanol–water partition coefficient (Wildman–Crippen LogP) is 3.85. The van der Waals surface area contributed by atoms with E-state index in [1.54, 1.807) is 11.3 Å². The Bertz CT molecular complexity index is 631. The van der Waals surface area contributed by atoms with Crippen molar-refractivity contribution < 1.29 is 4.79 Å². The number of benzene rings is 1. The van der Waals surface area contributed by atoms with E-state index in [2.05, 4.69) is 22.1 Å². The highest BCUT2D eigenvalue weighted by Gasteiger charge is 2.07. The average Bonchev–Trinajstić information content (AvgIpc) is 2.91. The first-order valence-corrected chi connectivity index (χ1v) is 8.40. The molecule has 0 spiro atoms. The molecule has 0 radical (unpaired) electrons. The second-order valence-corrected chi connectivity index (χ2v) is 6.70. The van der Waals surface area contributed by atoms with E-state index >= 15 is 0 Å². The van der Waals surface area contributed by atoms with E-state index in [-0.39, 0.29) is 5.91 Å². The number of nitrogens with one attached hydrogen (secondary N) is 1. The van der Waals surface area contributed by atoms with Crippen molar-refractivity contribution in [2.24, 2.45) is 5.10 Å². The molecule has 4 nitrogen and oxygen atoms in total. The molecule has 6 heteroatoms. The lowest BCUT2D eigenvalue weighted by Gasteiger charge is -2.00. The second-order valence-electron chi connectivity index (χ2n) is 4.45. The molecule has 2 aromatic rings. The Morgan fingerprint density at radius 2 is 2.33 bits per heavy atom. The maximum atomic E-state index is 11.7. The van der Waals surface area contributed by atoms with Gasteiger partial charge in [-0.2, -0.15) is 5.10 Å². The molecule has 0 unspecified atom stereocenters. The number of allylic oxidation sites excluding steroid dienone is 1. The molecule has 21 heavy (non-hydrogen) atoms. The number of thioether (sulfide) groups is 1. The summed E-state index contributed by atoms with van der Waals surface area (Å²) in [5.74, 6) is 0.204. The second kappa shape index (κ2) is 7.95. The molecule has 1 aromatic carbocycles. The summed E-state index contributed by atoms with van der Waals surface area (Å²) in [4.78, 5) is 16.2. The van der Waals surface area contributed by atoms with E-state index in [1.807, 2.05) is 37.3 Å². The van der Waals surface area contributed by atoms with Gasteiger partial charge in [0.25, 0.3) is 5.91 Å². The summed E-state index contributed by atoms with van der Waals surface area (Å²) < 4.78 is 2.04. The quantitative estimate of drug-likeness (QED) is 0.365. The summed E-state index contributed by atoms with van der Waals surface area (Å²) in [6.45, 7) is 5.55. The van der Waals surface area contributed by atoms with Crippen LogP contribution in [0.25, 0.3) is 10.2 Å². The Morgan fingerprint density at radius 3 is 3.10 bits per heavy atom. The number of thiazole rings is 1. The number of para-hydroxylation sites is 1. The zero-order valence-electron chi connectivity index (χ0n) is 11.8. The Kier molecular flexibility index (Phi) is 5.95. The molecule has 0 aliphatic carbocycles. The van der Waals surface area contributed by atoms with Gasteiger partial charge in [0, 0.05) is 5.71 Å². The molecule has 0 fully saturated rings. The molecule has 0 saturated heterocycles. The Labute approximate surface area is 132 Å². The molecule has 0 aliphatic heterocycles. The van der Waals surface area contributed by atoms with Crippen molar-refractivity contribution in [2.45, 2.75) is 24.1 Å². The molecule has 2 rings (SSSR count). The largest absolute Gasteiger partial charge is 0.272 e. The number of hydrazone groups is 1. The number of fused-ring (bicyclic) bond motifs is 1. The van der Waals surface area contributed by atoms with Crippen LogP contribution in [-0.4, -0.2) is 22.4 Å². The van der Waals surface area contributed by atoms with Crippen molar-refractivity contribution in [2.75, 3.05) is 5.75 Å². The van der Waals surface area contributed by atoms with E-state index in [0.29, 0.717) is 5.75 Å². The van der Waals surface area contributed by atoms with Crippen LogP contribution in [0.3, 0.4) is 0 Å². The van der Waals surface area contributed by atoms with Crippen LogP contribution in [0, 0.1) is 0 Å². The monoisotopic (exact) mass is 319 g/mol. The number of hydrogen-bond acceptors (Lipinski definition) is 5. The SMILES string of the molecule is C=CCC/C(C)=N\NC(=O)CSc1nc2ccccc2s1. The van der Waals surface area contributed by atoms with E-state index in [1.165, 1.54) is 11.8 Å². The molecule has 1 N–H and O–H groups in total. The maximum Gasteiger partial charge on any atom is 0.250 e. The third-order valence-electron chi connectivity index (χ3n) is 2.68. The van der Waals surface area contributed by atoms with Crippen molar-refractivity contribution in [3.63, 3.8) is 0 Å². The minimum atomic E-state index is -0.114. The van der Waals surface area contributed by atoms with Crippen LogP contribution in [0.1, 0.15) is 19.8 Å². The highest BCUT2D eigenvalue weighted by Crippen LogP contribution is 2.28. The summed E-state index contributed by atoms with van der Waals surface area (Å²) in [6, 6.07) is 7.96. The number of aromatic nitrogens is 1. The summed E-state index contributed by atoms with van der Waals surface area (Å²) in [7, 11) is 0. The van der Waals surface area contributed by atoms with Gasteiger partial charge in [-0.05, 0) is 31.9 Å². The van der Waals surface area contributed by atoms with Gasteiger partial charge >= 0.3 is 0 Å². The van der Waals surface area contributed by atoms with Crippen LogP contribution < -0.4 is 5.43 Å². The molecule has 110 valence electrons. The van der Waals surface area contributed by atoms with E-state index in [9.17, 15) is 4.79 Å². The van der Waals surface area contributed by atoms with Gasteiger partial charge in [-0.15, -0.1) is 17.9 Å². The number of carbonyl (C=O) groups excluding carboxylic acids is 1. The number of hydrogen-bond donors (Lipinski definition) is 1. The number of carbonyl (C=O) groups is 1. The summed E-state index contributed by atoms with van der Waals surface area (Å²) in [5, 5.41) is 4.06. The smallest absolute Gasteiger partial charge is 0.250 e. The van der Waals surface area contributed by atoms with Gasteiger partial charge in [-0.3, -0.25) is 4.79 Å². The van der Waals surface area contributed by atoms with Crippen molar-refractivity contribution in [3.8, 4) is 0 Å². The van der Waals surface area contributed by atoms with Gasteiger partial charge in [0.15, 0.2) is 4.34 Å². The zero-order valence-corrected chi connectivity index (χ0v) is 13.5. The Hall–Kier alpha value is -1.66. The van der Waals surface area contributed by atoms with E-state index in [0.717, 1.165) is 33.1 Å². The summed E-state index contributed by atoms with van der Waals surface area (Å²) >= 11 is 3.03. The fraction of sp³-hybridized carbons (Fsp3) is 0.267. The zero-order chi connectivity index (χ0) is 15.1. The van der Waals surface area contributed by atoms with Gasteiger partial charge in [-0.1, -0.05) is 30.0 Å². The molecule has 1 heterocycles. The van der Waals surface area contributed by atoms with Gasteiger partial charge in [-0.25, -0.2) is 10.4 Å². The molecule has 0 aliphatic rings. The van der Waals surface area contributed by atoms with Crippen LogP contribution in [0.2, 0.25) is 0 Å². The lowest BCUT2D eigenvalue weighted by atomic mass is 10.2. The van der Waals surface area contributed by atoms with Gasteiger partial charge in [0.2, 0.25) is 0 Å². The predicted molar refractivity (Wildman–Crippen MR) is 91.0 cm³/mol. The third-order valence-corrected chi connectivity index (χ3v) is 4.86. The first-order chi connectivity index (χ1) is 10.2. The molecular weight excluding hydrogens is 302 g/mol. The van der Waals surface area contributed by atoms with Gasteiger partial charge < -0.3 is 0 Å².